The van der Waals surface area contributed by atoms with E-state index >= 15 is 0 Å². The molecule has 0 amide bonds. The van der Waals surface area contributed by atoms with Crippen LogP contribution in [0.2, 0.25) is 0 Å². The normalized spacial score (nSPS) is 29.3. The van der Waals surface area contributed by atoms with Crippen LogP contribution in [0.1, 0.15) is 6.23 Å². The summed E-state index contributed by atoms with van der Waals surface area (Å²) in [6.45, 7) is -1.05. The van der Waals surface area contributed by atoms with E-state index in [0.29, 0.717) is 4.57 Å². The highest BCUT2D eigenvalue weighted by Gasteiger charge is 2.46. The number of phosphoric acid groups is 3. The topological polar surface area (TPSA) is 264 Å². The van der Waals surface area contributed by atoms with E-state index in [9.17, 15) is 38.4 Å². The fourth-order valence-corrected chi connectivity index (χ4v) is 5.23. The third-order valence-corrected chi connectivity index (χ3v) is 7.08. The Morgan fingerprint density at radius 1 is 1.03 bits per heavy atom. The number of H-pyrrole nitrogens is 1. The third-order valence-electron chi connectivity index (χ3n) is 3.28. The fourth-order valence-electron chi connectivity index (χ4n) is 2.20. The van der Waals surface area contributed by atoms with Gasteiger partial charge in [-0.2, -0.15) is 8.62 Å². The van der Waals surface area contributed by atoms with Crippen molar-refractivity contribution < 1.29 is 61.4 Å². The lowest BCUT2D eigenvalue weighted by molar-refractivity contribution is -0.0542. The van der Waals surface area contributed by atoms with Gasteiger partial charge in [0, 0.05) is 12.3 Å². The molecule has 6 atom stereocenters. The monoisotopic (exact) mass is 484 g/mol. The molecule has 1 aliphatic rings. The highest BCUT2D eigenvalue weighted by molar-refractivity contribution is 7.66. The zero-order chi connectivity index (χ0) is 22.2. The number of aromatic nitrogens is 2. The maximum Gasteiger partial charge on any atom is 0.490 e. The Balaban J connectivity index is 2.06. The predicted molar refractivity (Wildman–Crippen MR) is 87.1 cm³/mol. The molecule has 2 heterocycles. The van der Waals surface area contributed by atoms with Crippen LogP contribution in [0.5, 0.6) is 0 Å². The van der Waals surface area contributed by atoms with E-state index in [0.717, 1.165) is 12.3 Å². The molecule has 17 nitrogen and oxygen atoms in total. The third kappa shape index (κ3) is 6.73. The minimum Gasteiger partial charge on any atom is -0.387 e. The van der Waals surface area contributed by atoms with Gasteiger partial charge in [0.15, 0.2) is 6.23 Å². The molecule has 0 spiro atoms. The van der Waals surface area contributed by atoms with Gasteiger partial charge in [-0.3, -0.25) is 18.9 Å². The first-order valence-electron chi connectivity index (χ1n) is 7.22. The van der Waals surface area contributed by atoms with Crippen LogP contribution < -0.4 is 11.2 Å². The van der Waals surface area contributed by atoms with E-state index in [1.165, 1.54) is 0 Å². The van der Waals surface area contributed by atoms with Crippen molar-refractivity contribution in [1.29, 1.82) is 0 Å². The van der Waals surface area contributed by atoms with Gasteiger partial charge in [0.25, 0.3) is 5.56 Å². The van der Waals surface area contributed by atoms with E-state index in [1.54, 1.807) is 0 Å². The fraction of sp³-hybridized carbons (Fsp3) is 0.556. The number of hydrogen-bond acceptors (Lipinski definition) is 11. The highest BCUT2D eigenvalue weighted by Crippen LogP contribution is 2.66. The van der Waals surface area contributed by atoms with Crippen molar-refractivity contribution in [3.63, 3.8) is 0 Å². The minimum absolute atomic E-state index is 0.708. The molecule has 0 aromatic carbocycles. The molecular formula is C9H15N2O15P3. The number of nitrogens with zero attached hydrogens (tertiary/aromatic N) is 1. The van der Waals surface area contributed by atoms with E-state index in [-0.39, 0.29) is 0 Å². The number of phosphoric ester groups is 1. The van der Waals surface area contributed by atoms with Crippen molar-refractivity contribution in [2.24, 2.45) is 0 Å². The summed E-state index contributed by atoms with van der Waals surface area (Å²) in [6, 6.07) is 0.920. The summed E-state index contributed by atoms with van der Waals surface area (Å²) in [7, 11) is -16.8. The second kappa shape index (κ2) is 8.61. The number of rotatable bonds is 8. The van der Waals surface area contributed by atoms with Crippen molar-refractivity contribution in [1.82, 2.24) is 9.55 Å². The summed E-state index contributed by atoms with van der Waals surface area (Å²) < 4.78 is 50.6. The summed E-state index contributed by atoms with van der Waals surface area (Å²) in [5, 5.41) is 19.9. The molecule has 1 aromatic rings. The maximum atomic E-state index is 11.7. The molecule has 29 heavy (non-hydrogen) atoms. The maximum absolute atomic E-state index is 11.7. The number of aliphatic hydroxyl groups is 2. The van der Waals surface area contributed by atoms with Gasteiger partial charge in [-0.25, -0.2) is 18.5 Å². The lowest BCUT2D eigenvalue weighted by Gasteiger charge is -2.19. The lowest BCUT2D eigenvalue weighted by atomic mass is 10.1. The molecule has 1 saturated heterocycles. The lowest BCUT2D eigenvalue weighted by Crippen LogP contribution is -2.37. The summed E-state index contributed by atoms with van der Waals surface area (Å²) in [4.78, 5) is 59.9. The van der Waals surface area contributed by atoms with Crippen LogP contribution in [0.4, 0.5) is 0 Å². The molecule has 0 saturated carbocycles. The van der Waals surface area contributed by atoms with Crippen LogP contribution in [-0.2, 0) is 31.6 Å². The van der Waals surface area contributed by atoms with Gasteiger partial charge in [-0.15, -0.1) is 0 Å². The number of ether oxygens (including phenoxy) is 1. The Bertz CT molecular complexity index is 997. The molecule has 0 radical (unpaired) electrons. The van der Waals surface area contributed by atoms with Crippen LogP contribution >= 0.6 is 23.5 Å². The standard InChI is InChI=1S/C9H15N2O15P3/c12-5-1-2-11(9(15)10-5)8-7(14)6(13)4(24-8)3-23-28(19,20)26-29(21,22)25-27(16,17)18/h1-2,4,6-8,13-14H,3H2,(H,19,20)(H,21,22)(H,10,12,15)(H2,16,17,18)/t4?,6-,7-,8-/m1/s1. The Labute approximate surface area is 159 Å². The minimum atomic E-state index is -5.73. The molecular weight excluding hydrogens is 469 g/mol. The van der Waals surface area contributed by atoms with Gasteiger partial charge in [0.05, 0.1) is 6.61 Å². The number of aromatic amines is 1. The Morgan fingerprint density at radius 2 is 1.66 bits per heavy atom. The van der Waals surface area contributed by atoms with Crippen LogP contribution in [-0.4, -0.2) is 64.3 Å². The summed E-state index contributed by atoms with van der Waals surface area (Å²) >= 11 is 0. The predicted octanol–water partition coefficient (Wildman–Crippen LogP) is -2.50. The molecule has 20 heteroatoms. The molecule has 1 fully saturated rings. The quantitative estimate of drug-likeness (QED) is 0.188. The van der Waals surface area contributed by atoms with Gasteiger partial charge >= 0.3 is 29.2 Å². The Kier molecular flexibility index (Phi) is 7.20. The van der Waals surface area contributed by atoms with Crippen molar-refractivity contribution in [3.05, 3.63) is 33.1 Å². The van der Waals surface area contributed by atoms with Gasteiger partial charge in [0.1, 0.15) is 18.3 Å². The molecule has 1 aromatic heterocycles. The smallest absolute Gasteiger partial charge is 0.387 e. The van der Waals surface area contributed by atoms with Crippen molar-refractivity contribution in [2.45, 2.75) is 24.5 Å². The summed E-state index contributed by atoms with van der Waals surface area (Å²) in [5.74, 6) is 0. The van der Waals surface area contributed by atoms with Crippen molar-refractivity contribution in [3.8, 4) is 0 Å². The number of nitrogens with one attached hydrogen (secondary N) is 1. The number of hydrogen-bond donors (Lipinski definition) is 7. The zero-order valence-corrected chi connectivity index (χ0v) is 16.5. The van der Waals surface area contributed by atoms with E-state index in [4.69, 9.17) is 19.4 Å². The first-order chi connectivity index (χ1) is 13.1. The first kappa shape index (κ1) is 24.2. The van der Waals surface area contributed by atoms with Gasteiger partial charge < -0.3 is 34.5 Å². The summed E-state index contributed by atoms with van der Waals surface area (Å²) in [5.41, 5.74) is -1.74. The molecule has 7 N–H and O–H groups in total. The van der Waals surface area contributed by atoms with Crippen LogP contribution in [0.25, 0.3) is 0 Å². The van der Waals surface area contributed by atoms with E-state index in [2.05, 4.69) is 13.1 Å². The molecule has 0 bridgehead atoms. The highest BCUT2D eigenvalue weighted by atomic mass is 31.3. The SMILES string of the molecule is O=c1ccn([C@@H]2OC(COP(=O)(O)OP(=O)(O)OP(=O)(O)O)[C@@H](O)[C@H]2O)c(=O)[nH]1. The molecule has 3 unspecified atom stereocenters. The van der Waals surface area contributed by atoms with E-state index in [1.807, 2.05) is 4.98 Å². The van der Waals surface area contributed by atoms with E-state index < -0.39 is 65.9 Å². The van der Waals surface area contributed by atoms with Crippen LogP contribution in [0.3, 0.4) is 0 Å². The van der Waals surface area contributed by atoms with Crippen LogP contribution in [0, 0.1) is 0 Å². The second-order valence-electron chi connectivity index (χ2n) is 5.45. The number of aliphatic hydroxyl groups excluding tert-OH is 2. The average molecular weight is 484 g/mol. The van der Waals surface area contributed by atoms with Crippen molar-refractivity contribution in [2.75, 3.05) is 6.61 Å². The molecule has 2 rings (SSSR count). The zero-order valence-electron chi connectivity index (χ0n) is 13.8. The summed E-state index contributed by atoms with van der Waals surface area (Å²) in [6.07, 6.45) is -5.70. The van der Waals surface area contributed by atoms with Gasteiger partial charge in [-0.1, -0.05) is 0 Å². The van der Waals surface area contributed by atoms with Gasteiger partial charge in [0.2, 0.25) is 0 Å². The Morgan fingerprint density at radius 3 is 2.21 bits per heavy atom. The second-order valence-corrected chi connectivity index (χ2v) is 9.87. The largest absolute Gasteiger partial charge is 0.490 e. The molecule has 1 aliphatic heterocycles. The Hall–Kier alpha value is -1.03. The van der Waals surface area contributed by atoms with Crippen molar-refractivity contribution >= 4 is 23.5 Å². The average Bonchev–Trinajstić information content (AvgIpc) is 2.78. The molecule has 166 valence electrons. The first-order valence-corrected chi connectivity index (χ1v) is 11.7. The van der Waals surface area contributed by atoms with Crippen LogP contribution in [0.15, 0.2) is 21.9 Å². The van der Waals surface area contributed by atoms with Gasteiger partial charge in [-0.05, 0) is 0 Å². The molecule has 0 aliphatic carbocycles.